The molecule has 3 aliphatic rings. The van der Waals surface area contributed by atoms with Gasteiger partial charge < -0.3 is 9.47 Å². The fourth-order valence-corrected chi connectivity index (χ4v) is 5.64. The van der Waals surface area contributed by atoms with Gasteiger partial charge in [-0.1, -0.05) is 37.8 Å². The van der Waals surface area contributed by atoms with E-state index in [9.17, 15) is 0 Å². The van der Waals surface area contributed by atoms with Gasteiger partial charge in [-0.25, -0.2) is 0 Å². The maximum absolute atomic E-state index is 6.13. The normalized spacial score (nSPS) is 18.7. The Morgan fingerprint density at radius 1 is 0.464 bits per heavy atom. The van der Waals surface area contributed by atoms with Gasteiger partial charge in [0.05, 0.1) is 13.2 Å². The van der Waals surface area contributed by atoms with Crippen molar-refractivity contribution in [1.82, 2.24) is 0 Å². The SMILES string of the molecule is c1c2cc3cc1CSCc1cc(cc(c1)OCCCCCCCCO3)CSC2. The van der Waals surface area contributed by atoms with Crippen LogP contribution in [0.15, 0.2) is 36.4 Å². The van der Waals surface area contributed by atoms with Gasteiger partial charge in [0.1, 0.15) is 11.5 Å². The van der Waals surface area contributed by atoms with E-state index in [1.165, 1.54) is 47.9 Å². The van der Waals surface area contributed by atoms with Crippen LogP contribution in [0.4, 0.5) is 0 Å². The quantitative estimate of drug-likeness (QED) is 0.463. The van der Waals surface area contributed by atoms with Crippen molar-refractivity contribution in [2.75, 3.05) is 13.2 Å². The molecule has 0 saturated heterocycles. The highest BCUT2D eigenvalue weighted by Gasteiger charge is 2.09. The van der Waals surface area contributed by atoms with Crippen LogP contribution in [-0.4, -0.2) is 13.2 Å². The van der Waals surface area contributed by atoms with Gasteiger partial charge >= 0.3 is 0 Å². The van der Waals surface area contributed by atoms with Gasteiger partial charge in [-0.15, -0.1) is 0 Å². The van der Waals surface area contributed by atoms with E-state index in [2.05, 4.69) is 36.4 Å². The molecule has 0 spiro atoms. The van der Waals surface area contributed by atoms with Gasteiger partial charge in [0.25, 0.3) is 0 Å². The van der Waals surface area contributed by atoms with E-state index in [0.29, 0.717) is 0 Å². The highest BCUT2D eigenvalue weighted by Crippen LogP contribution is 2.30. The van der Waals surface area contributed by atoms with E-state index in [-0.39, 0.29) is 0 Å². The average molecular weight is 415 g/mol. The van der Waals surface area contributed by atoms with Crippen LogP contribution in [0, 0.1) is 0 Å². The summed E-state index contributed by atoms with van der Waals surface area (Å²) in [4.78, 5) is 0. The van der Waals surface area contributed by atoms with Crippen LogP contribution in [0.2, 0.25) is 0 Å². The highest BCUT2D eigenvalue weighted by atomic mass is 32.2. The summed E-state index contributed by atoms with van der Waals surface area (Å²) < 4.78 is 12.3. The molecule has 0 saturated carbocycles. The van der Waals surface area contributed by atoms with E-state index in [0.717, 1.165) is 60.6 Å². The molecule has 0 aromatic heterocycles. The standard InChI is InChI=1S/C24H30O2S2/c1-2-4-6-8-26-24-13-21-10-22(14-24)18-28-16-20-9-19(15-27-17-21)11-23(12-20)25-7-5-3-1/h9-14H,1-8,15-18H2. The first-order chi connectivity index (χ1) is 13.8. The van der Waals surface area contributed by atoms with Crippen LogP contribution >= 0.6 is 23.5 Å². The molecule has 150 valence electrons. The highest BCUT2D eigenvalue weighted by molar-refractivity contribution is 7.98. The van der Waals surface area contributed by atoms with Crippen molar-refractivity contribution in [3.05, 3.63) is 58.7 Å². The molecule has 0 atom stereocenters. The predicted octanol–water partition coefficient (Wildman–Crippen LogP) is 6.98. The van der Waals surface area contributed by atoms with E-state index >= 15 is 0 Å². The van der Waals surface area contributed by atoms with Crippen molar-refractivity contribution in [2.24, 2.45) is 0 Å². The lowest BCUT2D eigenvalue weighted by molar-refractivity contribution is 0.296. The molecule has 2 aromatic carbocycles. The van der Waals surface area contributed by atoms with Crippen LogP contribution in [0.3, 0.4) is 0 Å². The van der Waals surface area contributed by atoms with Gasteiger partial charge in [0.2, 0.25) is 0 Å². The molecule has 3 aliphatic heterocycles. The van der Waals surface area contributed by atoms with Crippen LogP contribution < -0.4 is 9.47 Å². The minimum absolute atomic E-state index is 0.833. The Kier molecular flexibility index (Phi) is 7.51. The van der Waals surface area contributed by atoms with Crippen LogP contribution in [0.25, 0.3) is 0 Å². The smallest absolute Gasteiger partial charge is 0.119 e. The number of benzene rings is 2. The van der Waals surface area contributed by atoms with Crippen molar-refractivity contribution >= 4 is 23.5 Å². The van der Waals surface area contributed by atoms with Crippen molar-refractivity contribution in [3.63, 3.8) is 0 Å². The average Bonchev–Trinajstić information content (AvgIpc) is 2.68. The first-order valence-electron chi connectivity index (χ1n) is 10.5. The molecule has 0 amide bonds. The van der Waals surface area contributed by atoms with Gasteiger partial charge in [0.15, 0.2) is 0 Å². The molecule has 5 rings (SSSR count). The summed E-state index contributed by atoms with van der Waals surface area (Å²) in [7, 11) is 0. The van der Waals surface area contributed by atoms with E-state index in [1.54, 1.807) is 0 Å². The summed E-state index contributed by atoms with van der Waals surface area (Å²) in [6, 6.07) is 13.7. The Balaban J connectivity index is 1.58. The summed E-state index contributed by atoms with van der Waals surface area (Å²) >= 11 is 3.96. The zero-order chi connectivity index (χ0) is 19.0. The molecule has 0 radical (unpaired) electrons. The first kappa shape index (κ1) is 20.0. The number of ether oxygens (including phenoxy) is 2. The third-order valence-electron chi connectivity index (χ3n) is 5.20. The third kappa shape index (κ3) is 6.12. The fraction of sp³-hybridized carbons (Fsp3) is 0.500. The zero-order valence-electron chi connectivity index (χ0n) is 16.6. The molecule has 2 nitrogen and oxygen atoms in total. The molecule has 0 fully saturated rings. The largest absolute Gasteiger partial charge is 0.494 e. The first-order valence-corrected chi connectivity index (χ1v) is 12.8. The van der Waals surface area contributed by atoms with E-state index in [1.807, 2.05) is 23.5 Å². The second-order valence-corrected chi connectivity index (χ2v) is 9.75. The molecule has 28 heavy (non-hydrogen) atoms. The number of fused-ring (bicyclic) bond motifs is 13. The Bertz CT molecular complexity index is 665. The molecule has 3 heterocycles. The Morgan fingerprint density at radius 3 is 1.21 bits per heavy atom. The van der Waals surface area contributed by atoms with Gasteiger partial charge in [-0.2, -0.15) is 23.5 Å². The maximum Gasteiger partial charge on any atom is 0.119 e. The molecule has 0 unspecified atom stereocenters. The lowest BCUT2D eigenvalue weighted by atomic mass is 10.1. The number of hydrogen-bond acceptors (Lipinski definition) is 4. The van der Waals surface area contributed by atoms with E-state index in [4.69, 9.17) is 9.47 Å². The van der Waals surface area contributed by atoms with Crippen LogP contribution in [-0.2, 0) is 23.0 Å². The molecule has 0 aliphatic carbocycles. The topological polar surface area (TPSA) is 18.5 Å². The Labute approximate surface area is 177 Å². The molecular weight excluding hydrogens is 384 g/mol. The lowest BCUT2D eigenvalue weighted by Gasteiger charge is -2.14. The second-order valence-electron chi connectivity index (χ2n) is 7.77. The number of thioether (sulfide) groups is 2. The van der Waals surface area contributed by atoms with Gasteiger partial charge in [-0.3, -0.25) is 0 Å². The fourth-order valence-electron chi connectivity index (χ4n) is 3.82. The van der Waals surface area contributed by atoms with Crippen molar-refractivity contribution in [1.29, 1.82) is 0 Å². The monoisotopic (exact) mass is 414 g/mol. The lowest BCUT2D eigenvalue weighted by Crippen LogP contribution is -1.99. The molecule has 0 N–H and O–H groups in total. The molecular formula is C24H30O2S2. The zero-order valence-corrected chi connectivity index (χ0v) is 18.2. The van der Waals surface area contributed by atoms with Crippen molar-refractivity contribution in [2.45, 2.75) is 61.5 Å². The molecule has 2 aromatic rings. The van der Waals surface area contributed by atoms with Crippen LogP contribution in [0.1, 0.15) is 60.8 Å². The molecule has 4 heteroatoms. The summed E-state index contributed by atoms with van der Waals surface area (Å²) in [5.74, 6) is 6.20. The number of rotatable bonds is 0. The second kappa shape index (κ2) is 10.5. The third-order valence-corrected chi connectivity index (χ3v) is 7.35. The summed E-state index contributed by atoms with van der Waals surface area (Å²) in [6.45, 7) is 1.67. The predicted molar refractivity (Wildman–Crippen MR) is 122 cm³/mol. The van der Waals surface area contributed by atoms with Gasteiger partial charge in [-0.05, 0) is 59.4 Å². The Morgan fingerprint density at radius 2 is 0.821 bits per heavy atom. The minimum Gasteiger partial charge on any atom is -0.494 e. The maximum atomic E-state index is 6.13. The van der Waals surface area contributed by atoms with Crippen LogP contribution in [0.5, 0.6) is 11.5 Å². The summed E-state index contributed by atoms with van der Waals surface area (Å²) in [5, 5.41) is 0. The summed E-state index contributed by atoms with van der Waals surface area (Å²) in [5.41, 5.74) is 5.52. The summed E-state index contributed by atoms with van der Waals surface area (Å²) in [6.07, 6.45) is 7.39. The number of hydrogen-bond donors (Lipinski definition) is 0. The van der Waals surface area contributed by atoms with E-state index < -0.39 is 0 Å². The Hall–Kier alpha value is -1.26. The van der Waals surface area contributed by atoms with Gasteiger partial charge in [0, 0.05) is 23.0 Å². The van der Waals surface area contributed by atoms with Crippen molar-refractivity contribution < 1.29 is 9.47 Å². The minimum atomic E-state index is 0.833. The van der Waals surface area contributed by atoms with Crippen molar-refractivity contribution in [3.8, 4) is 11.5 Å². The molecule has 6 bridgehead atoms.